The Balaban J connectivity index is 4.22. The summed E-state index contributed by atoms with van der Waals surface area (Å²) in [6, 6.07) is 0. The van der Waals surface area contributed by atoms with E-state index >= 15 is 0 Å². The number of hydrazone groups is 1. The normalized spacial score (nSPS) is 15.0. The lowest BCUT2D eigenvalue weighted by atomic mass is 10.5. The summed E-state index contributed by atoms with van der Waals surface area (Å²) < 4.78 is 12.4. The Hall–Kier alpha value is -1.32. The number of guanidine groups is 2. The Labute approximate surface area is 109 Å². The highest BCUT2D eigenvalue weighted by molar-refractivity contribution is 6.20. The number of nitrogens with zero attached hydrogens (tertiary/aromatic N) is 2. The summed E-state index contributed by atoms with van der Waals surface area (Å²) in [6.45, 7) is 2.90. The smallest absolute Gasteiger partial charge is 0.238 e. The summed E-state index contributed by atoms with van der Waals surface area (Å²) in [7, 11) is 0. The molecule has 0 aromatic rings. The van der Waals surface area contributed by atoms with Gasteiger partial charge >= 0.3 is 0 Å². The molecule has 0 aliphatic heterocycles. The highest BCUT2D eigenvalue weighted by Gasteiger charge is 2.09. The number of halogens is 2. The number of hydroxylamine groups is 2. The van der Waals surface area contributed by atoms with E-state index in [-0.39, 0.29) is 24.6 Å². The highest BCUT2D eigenvalue weighted by atomic mass is 35.5. The lowest BCUT2D eigenvalue weighted by Gasteiger charge is -2.17. The van der Waals surface area contributed by atoms with Gasteiger partial charge in [-0.15, -0.1) is 16.7 Å². The van der Waals surface area contributed by atoms with Crippen molar-refractivity contribution in [2.45, 2.75) is 25.4 Å². The number of hydrogen-bond donors (Lipinski definition) is 4. The third-order valence-corrected chi connectivity index (χ3v) is 1.45. The second kappa shape index (κ2) is 8.72. The Morgan fingerprint density at radius 2 is 2.11 bits per heavy atom. The first-order valence-corrected chi connectivity index (χ1v) is 5.53. The van der Waals surface area contributed by atoms with Crippen molar-refractivity contribution >= 4 is 23.5 Å². The molecule has 0 saturated heterocycles. The average molecular weight is 285 g/mol. The fraction of sp³-hybridized carbons (Fsp3) is 0.750. The van der Waals surface area contributed by atoms with Crippen LogP contribution in [0.5, 0.6) is 0 Å². The van der Waals surface area contributed by atoms with Gasteiger partial charge in [0.2, 0.25) is 11.9 Å². The van der Waals surface area contributed by atoms with E-state index in [1.165, 1.54) is 6.92 Å². The minimum atomic E-state index is -1.15. The number of nitrogens with two attached hydrogens (primary N) is 2. The summed E-state index contributed by atoms with van der Waals surface area (Å²) in [6.07, 6.45) is -1.15. The summed E-state index contributed by atoms with van der Waals surface area (Å²) in [5.41, 5.74) is 12.8. The van der Waals surface area contributed by atoms with Crippen molar-refractivity contribution in [3.05, 3.63) is 0 Å². The molecule has 0 fully saturated rings. The largest absolute Gasteiger partial charge is 0.367 e. The molecular weight excluding hydrogens is 267 g/mol. The topological polar surface area (TPSA) is 122 Å². The van der Waals surface area contributed by atoms with Crippen molar-refractivity contribution in [2.24, 2.45) is 16.6 Å². The van der Waals surface area contributed by atoms with E-state index in [1.54, 1.807) is 6.92 Å². The van der Waals surface area contributed by atoms with Crippen LogP contribution in [0, 0.1) is 5.41 Å². The van der Waals surface area contributed by atoms with Crippen LogP contribution in [-0.4, -0.2) is 41.9 Å². The minimum absolute atomic E-state index is 0.0836. The summed E-state index contributed by atoms with van der Waals surface area (Å²) in [4.78, 5) is 9.64. The zero-order valence-corrected chi connectivity index (χ0v) is 10.9. The Morgan fingerprint density at radius 1 is 1.50 bits per heavy atom. The van der Waals surface area contributed by atoms with Crippen molar-refractivity contribution in [2.75, 3.05) is 13.2 Å². The first-order chi connectivity index (χ1) is 8.32. The van der Waals surface area contributed by atoms with Crippen LogP contribution in [0.15, 0.2) is 5.10 Å². The maximum atomic E-state index is 12.4. The van der Waals surface area contributed by atoms with Gasteiger partial charge in [0.25, 0.3) is 0 Å². The second-order valence-corrected chi connectivity index (χ2v) is 4.16. The Kier molecular flexibility index (Phi) is 8.08. The van der Waals surface area contributed by atoms with Gasteiger partial charge in [0.1, 0.15) is 12.8 Å². The summed E-state index contributed by atoms with van der Waals surface area (Å²) in [5, 5.41) is 11.1. The van der Waals surface area contributed by atoms with Crippen LogP contribution in [0.3, 0.4) is 0 Å². The number of nitrogens with one attached hydrogen (secondary N) is 2. The van der Waals surface area contributed by atoms with Crippen molar-refractivity contribution in [3.63, 3.8) is 0 Å². The van der Waals surface area contributed by atoms with Crippen molar-refractivity contribution in [1.82, 2.24) is 10.7 Å². The Bertz CT molecular complexity index is 289. The van der Waals surface area contributed by atoms with Crippen LogP contribution in [0.4, 0.5) is 4.39 Å². The van der Waals surface area contributed by atoms with Gasteiger partial charge in [0, 0.05) is 0 Å². The molecule has 0 bridgehead atoms. The van der Waals surface area contributed by atoms with E-state index in [0.29, 0.717) is 5.17 Å². The molecule has 0 saturated carbocycles. The van der Waals surface area contributed by atoms with Crippen molar-refractivity contribution in [3.8, 4) is 0 Å². The van der Waals surface area contributed by atoms with Gasteiger partial charge in [-0.3, -0.25) is 10.2 Å². The second-order valence-electron chi connectivity index (χ2n) is 3.41. The molecule has 10 heteroatoms. The first kappa shape index (κ1) is 16.7. The van der Waals surface area contributed by atoms with E-state index in [0.717, 1.165) is 0 Å². The van der Waals surface area contributed by atoms with E-state index in [9.17, 15) is 4.39 Å². The first-order valence-electron chi connectivity index (χ1n) is 5.10. The fourth-order valence-electron chi connectivity index (χ4n) is 0.674. The molecule has 0 aliphatic carbocycles. The van der Waals surface area contributed by atoms with Crippen LogP contribution in [0.1, 0.15) is 13.8 Å². The lowest BCUT2D eigenvalue weighted by molar-refractivity contribution is -0.100. The molecule has 2 atom stereocenters. The van der Waals surface area contributed by atoms with Crippen LogP contribution >= 0.6 is 11.6 Å². The predicted octanol–water partition coefficient (Wildman–Crippen LogP) is -0.150. The van der Waals surface area contributed by atoms with Crippen LogP contribution in [0.25, 0.3) is 0 Å². The number of hydrogen-bond acceptors (Lipinski definition) is 4. The predicted molar refractivity (Wildman–Crippen MR) is 66.3 cm³/mol. The van der Waals surface area contributed by atoms with Gasteiger partial charge in [0.05, 0.1) is 12.0 Å². The van der Waals surface area contributed by atoms with Gasteiger partial charge in [-0.1, -0.05) is 5.17 Å². The molecular formula is C8H18ClFN6O2. The molecule has 6 N–H and O–H groups in total. The van der Waals surface area contributed by atoms with Crippen molar-refractivity contribution < 1.29 is 14.1 Å². The zero-order chi connectivity index (χ0) is 14.1. The molecule has 0 amide bonds. The third-order valence-electron chi connectivity index (χ3n) is 1.32. The average Bonchev–Trinajstić information content (AvgIpc) is 2.22. The van der Waals surface area contributed by atoms with Crippen LogP contribution in [-0.2, 0) is 9.68 Å². The molecule has 18 heavy (non-hydrogen) atoms. The van der Waals surface area contributed by atoms with Crippen LogP contribution in [0.2, 0.25) is 0 Å². The van der Waals surface area contributed by atoms with Gasteiger partial charge in [0.15, 0.2) is 0 Å². The van der Waals surface area contributed by atoms with Gasteiger partial charge in [-0.05, 0) is 13.8 Å². The molecule has 8 nitrogen and oxygen atoms in total. The quantitative estimate of drug-likeness (QED) is 0.223. The summed E-state index contributed by atoms with van der Waals surface area (Å²) >= 11 is 5.66. The maximum absolute atomic E-state index is 12.4. The van der Waals surface area contributed by atoms with Crippen LogP contribution < -0.4 is 16.9 Å². The molecule has 0 heterocycles. The highest BCUT2D eigenvalue weighted by Crippen LogP contribution is 1.98. The van der Waals surface area contributed by atoms with E-state index in [4.69, 9.17) is 33.3 Å². The minimum Gasteiger partial charge on any atom is -0.367 e. The molecule has 106 valence electrons. The molecule has 0 spiro atoms. The maximum Gasteiger partial charge on any atom is 0.238 e. The standard InChI is InChI=1S/C8H18ClFN6O2/c1-5(9)3-18-16(7(11)12)14-8(13)15-17-4-6(2)10/h5-6H,3-4H2,1-2H3,(H3,11,12)(H3,13,14,15). The molecule has 0 radical (unpaired) electrons. The number of rotatable bonds is 7. The third kappa shape index (κ3) is 8.79. The van der Waals surface area contributed by atoms with E-state index in [2.05, 4.69) is 15.4 Å². The summed E-state index contributed by atoms with van der Waals surface area (Å²) in [5.74, 6) is -0.732. The van der Waals surface area contributed by atoms with Gasteiger partial charge in [-0.2, -0.15) is 0 Å². The van der Waals surface area contributed by atoms with E-state index in [1.807, 2.05) is 0 Å². The SMILES string of the molecule is CC(F)CONC(N)=NN(OCC(C)Cl)C(=N)N. The number of alkyl halides is 2. The molecule has 0 rings (SSSR count). The monoisotopic (exact) mass is 284 g/mol. The molecule has 0 aliphatic rings. The zero-order valence-electron chi connectivity index (χ0n) is 10.2. The molecule has 0 aromatic carbocycles. The fourth-order valence-corrected chi connectivity index (χ4v) is 0.731. The van der Waals surface area contributed by atoms with Gasteiger partial charge < -0.3 is 11.5 Å². The Morgan fingerprint density at radius 3 is 2.56 bits per heavy atom. The molecule has 2 unspecified atom stereocenters. The van der Waals surface area contributed by atoms with Crippen molar-refractivity contribution in [1.29, 1.82) is 5.41 Å². The molecule has 0 aromatic heterocycles. The van der Waals surface area contributed by atoms with Gasteiger partial charge in [-0.25, -0.2) is 14.7 Å². The lowest BCUT2D eigenvalue weighted by Crippen LogP contribution is -2.40. The van der Waals surface area contributed by atoms with E-state index < -0.39 is 12.1 Å².